The smallest absolute Gasteiger partial charge is 0.143 e. The van der Waals surface area contributed by atoms with Crippen molar-refractivity contribution in [2.45, 2.75) is 41.5 Å². The van der Waals surface area contributed by atoms with Gasteiger partial charge in [0, 0.05) is 6.20 Å². The lowest BCUT2D eigenvalue weighted by Gasteiger charge is -1.80. The summed E-state index contributed by atoms with van der Waals surface area (Å²) >= 11 is 3.24. The number of hydrogen-bond acceptors (Lipinski definition) is 5. The van der Waals surface area contributed by atoms with Gasteiger partial charge >= 0.3 is 0 Å². The Hall–Kier alpha value is -1.85. The first-order valence-electron chi connectivity index (χ1n) is 8.82. The quantitative estimate of drug-likeness (QED) is 0.317. The molecule has 0 bridgehead atoms. The third kappa shape index (κ3) is 9.59. The molecule has 5 heteroatoms. The van der Waals surface area contributed by atoms with E-state index in [4.69, 9.17) is 0 Å². The molecule has 3 nitrogen and oxygen atoms in total. The number of pyridine rings is 1. The molecule has 0 atom stereocenters. The van der Waals surface area contributed by atoms with Crippen LogP contribution in [0, 0.1) is 11.8 Å². The molecule has 0 aliphatic heterocycles. The van der Waals surface area contributed by atoms with Crippen molar-refractivity contribution < 1.29 is 0 Å². The first-order valence-corrected chi connectivity index (χ1v) is 10.6. The van der Waals surface area contributed by atoms with Crippen LogP contribution in [0.1, 0.15) is 41.5 Å². The number of hydrogen-bond donors (Lipinski definition) is 0. The van der Waals surface area contributed by atoms with Crippen LogP contribution in [0.5, 0.6) is 0 Å². The highest BCUT2D eigenvalue weighted by molar-refractivity contribution is 7.16. The Morgan fingerprint density at radius 3 is 1.81 bits per heavy atom. The average Bonchev–Trinajstić information content (AvgIpc) is 3.23. The van der Waals surface area contributed by atoms with E-state index in [0.29, 0.717) is 0 Å². The molecule has 0 saturated heterocycles. The largest absolute Gasteiger partial charge is 0.245 e. The molecule has 1 aromatic carbocycles. The molecule has 0 N–H and O–H groups in total. The molecule has 0 aliphatic carbocycles. The Kier molecular flexibility index (Phi) is 10.7. The van der Waals surface area contributed by atoms with Crippen LogP contribution in [0.25, 0.3) is 20.6 Å². The van der Waals surface area contributed by atoms with Crippen molar-refractivity contribution in [3.05, 3.63) is 53.6 Å². The molecule has 140 valence electrons. The predicted octanol–water partition coefficient (Wildman–Crippen LogP) is 7.31. The van der Waals surface area contributed by atoms with E-state index in [2.05, 4.69) is 62.6 Å². The number of thiazole rings is 2. The predicted molar refractivity (Wildman–Crippen MR) is 118 cm³/mol. The maximum absolute atomic E-state index is 4.14. The Morgan fingerprint density at radius 2 is 1.19 bits per heavy atom. The Bertz CT molecular complexity index is 712. The van der Waals surface area contributed by atoms with Crippen LogP contribution in [0.15, 0.2) is 53.6 Å². The highest BCUT2D eigenvalue weighted by Crippen LogP contribution is 2.15. The molecule has 0 amide bonds. The molecule has 0 radical (unpaired) electrons. The lowest BCUT2D eigenvalue weighted by atomic mass is 10.3. The first kappa shape index (κ1) is 22.2. The molecule has 4 rings (SSSR count). The van der Waals surface area contributed by atoms with Crippen LogP contribution in [0.2, 0.25) is 0 Å². The number of para-hydroxylation sites is 1. The molecule has 0 aliphatic rings. The lowest BCUT2D eigenvalue weighted by molar-refractivity contribution is 0.736. The zero-order chi connectivity index (χ0) is 19.4. The Labute approximate surface area is 165 Å². The summed E-state index contributed by atoms with van der Waals surface area (Å²) < 4.78 is 1.26. The molecule has 3 heterocycles. The van der Waals surface area contributed by atoms with Crippen molar-refractivity contribution in [2.24, 2.45) is 11.8 Å². The summed E-state index contributed by atoms with van der Waals surface area (Å²) in [7, 11) is 0. The molecule has 3 aromatic heterocycles. The fourth-order valence-corrected chi connectivity index (χ4v) is 2.82. The van der Waals surface area contributed by atoms with E-state index >= 15 is 0 Å². The second kappa shape index (κ2) is 12.5. The van der Waals surface area contributed by atoms with E-state index in [9.17, 15) is 0 Å². The van der Waals surface area contributed by atoms with Crippen molar-refractivity contribution in [2.75, 3.05) is 0 Å². The number of benzene rings is 1. The normalized spacial score (nSPS) is 9.85. The first-order chi connectivity index (χ1) is 12.4. The van der Waals surface area contributed by atoms with Gasteiger partial charge < -0.3 is 0 Å². The van der Waals surface area contributed by atoms with Gasteiger partial charge in [0.1, 0.15) is 4.83 Å². The van der Waals surface area contributed by atoms with Crippen LogP contribution >= 0.6 is 22.7 Å². The summed E-state index contributed by atoms with van der Waals surface area (Å²) in [5.74, 6) is 1.67. The highest BCUT2D eigenvalue weighted by Gasteiger charge is 1.91. The second-order valence-electron chi connectivity index (χ2n) is 6.96. The van der Waals surface area contributed by atoms with Crippen molar-refractivity contribution in [3.63, 3.8) is 0 Å². The van der Waals surface area contributed by atoms with Crippen molar-refractivity contribution in [1.29, 1.82) is 0 Å². The SMILES string of the molecule is CC(C)C.CC(C)C.c1ccc2scnc2c1.c1cnc2scnc2c1. The monoisotopic (exact) mass is 387 g/mol. The van der Waals surface area contributed by atoms with Crippen LogP contribution in [-0.2, 0) is 0 Å². The van der Waals surface area contributed by atoms with Gasteiger partial charge in [-0.25, -0.2) is 15.0 Å². The van der Waals surface area contributed by atoms with Gasteiger partial charge in [0.2, 0.25) is 0 Å². The van der Waals surface area contributed by atoms with Crippen LogP contribution < -0.4 is 0 Å². The standard InChI is InChI=1S/C7H5NS.C6H4N2S.2C4H10/c1-2-4-7-6(3-1)8-5-9-7;1-2-5-6(7-3-1)9-4-8-5;2*1-4(2)3/h1-5H;1-4H;2*4H,1-3H3. The summed E-state index contributed by atoms with van der Waals surface area (Å²) in [4.78, 5) is 13.3. The topological polar surface area (TPSA) is 38.7 Å². The van der Waals surface area contributed by atoms with Gasteiger partial charge in [-0.15, -0.1) is 22.7 Å². The van der Waals surface area contributed by atoms with Gasteiger partial charge in [0.15, 0.2) is 0 Å². The summed E-state index contributed by atoms with van der Waals surface area (Å²) in [6.07, 6.45) is 1.78. The van der Waals surface area contributed by atoms with Crippen molar-refractivity contribution in [3.8, 4) is 0 Å². The van der Waals surface area contributed by atoms with Crippen LogP contribution in [0.3, 0.4) is 0 Å². The van der Waals surface area contributed by atoms with Gasteiger partial charge in [-0.2, -0.15) is 0 Å². The minimum atomic E-state index is 0.833. The average molecular weight is 388 g/mol. The van der Waals surface area contributed by atoms with Crippen molar-refractivity contribution >= 4 is 43.2 Å². The summed E-state index contributed by atoms with van der Waals surface area (Å²) in [5.41, 5.74) is 5.76. The Morgan fingerprint density at radius 1 is 0.654 bits per heavy atom. The molecular formula is C21H29N3S2. The van der Waals surface area contributed by atoms with Crippen molar-refractivity contribution in [1.82, 2.24) is 15.0 Å². The van der Waals surface area contributed by atoms with Gasteiger partial charge in [0.25, 0.3) is 0 Å². The molecule has 0 fully saturated rings. The molecule has 0 unspecified atom stereocenters. The zero-order valence-corrected chi connectivity index (χ0v) is 18.1. The molecule has 4 aromatic rings. The maximum Gasteiger partial charge on any atom is 0.143 e. The summed E-state index contributed by atoms with van der Waals surface area (Å²) in [6, 6.07) is 12.0. The molecule has 0 spiro atoms. The van der Waals surface area contributed by atoms with Gasteiger partial charge in [-0.3, -0.25) is 0 Å². The van der Waals surface area contributed by atoms with Crippen LogP contribution in [0.4, 0.5) is 0 Å². The van der Waals surface area contributed by atoms with Gasteiger partial charge in [0.05, 0.1) is 26.8 Å². The van der Waals surface area contributed by atoms with E-state index in [-0.39, 0.29) is 0 Å². The molecular weight excluding hydrogens is 358 g/mol. The lowest BCUT2D eigenvalue weighted by Crippen LogP contribution is -1.68. The summed E-state index contributed by atoms with van der Waals surface area (Å²) in [5, 5.41) is 0. The number of nitrogens with zero attached hydrogens (tertiary/aromatic N) is 3. The minimum absolute atomic E-state index is 0.833. The summed E-state index contributed by atoms with van der Waals surface area (Å²) in [6.45, 7) is 13.0. The molecule has 26 heavy (non-hydrogen) atoms. The number of fused-ring (bicyclic) bond motifs is 2. The maximum atomic E-state index is 4.14. The third-order valence-corrected chi connectivity index (χ3v) is 3.90. The van der Waals surface area contributed by atoms with Crippen LogP contribution in [-0.4, -0.2) is 15.0 Å². The fourth-order valence-electron chi connectivity index (χ4n) is 1.51. The Balaban J connectivity index is 0.000000188. The molecule has 0 saturated carbocycles. The van der Waals surface area contributed by atoms with Gasteiger partial charge in [-0.1, -0.05) is 53.7 Å². The van der Waals surface area contributed by atoms with E-state index in [1.165, 1.54) is 4.70 Å². The van der Waals surface area contributed by atoms with E-state index < -0.39 is 0 Å². The second-order valence-corrected chi connectivity index (χ2v) is 8.68. The number of rotatable bonds is 0. The highest BCUT2D eigenvalue weighted by atomic mass is 32.1. The minimum Gasteiger partial charge on any atom is -0.245 e. The van der Waals surface area contributed by atoms with E-state index in [0.717, 1.165) is 27.7 Å². The third-order valence-electron chi connectivity index (χ3n) is 2.34. The number of aromatic nitrogens is 3. The zero-order valence-electron chi connectivity index (χ0n) is 16.5. The van der Waals surface area contributed by atoms with Gasteiger partial charge in [-0.05, 0) is 36.1 Å². The van der Waals surface area contributed by atoms with E-state index in [1.807, 2.05) is 35.8 Å². The fraction of sp³-hybridized carbons (Fsp3) is 0.381. The van der Waals surface area contributed by atoms with E-state index in [1.54, 1.807) is 34.4 Å².